The molecule has 0 atom stereocenters. The number of nitrogens with one attached hydrogen (secondary N) is 2. The number of hydrogen-bond acceptors (Lipinski definition) is 3. The van der Waals surface area contributed by atoms with E-state index in [4.69, 9.17) is 4.42 Å². The Morgan fingerprint density at radius 3 is 2.85 bits per heavy atom. The van der Waals surface area contributed by atoms with E-state index in [9.17, 15) is 8.78 Å². The van der Waals surface area contributed by atoms with Crippen molar-refractivity contribution in [1.29, 1.82) is 0 Å². The average Bonchev–Trinajstić information content (AvgIpc) is 3.23. The lowest BCUT2D eigenvalue weighted by molar-refractivity contribution is 0.0671. The van der Waals surface area contributed by atoms with Gasteiger partial charge in [0.1, 0.15) is 23.7 Å². The van der Waals surface area contributed by atoms with Crippen LogP contribution in [-0.4, -0.2) is 22.1 Å². The van der Waals surface area contributed by atoms with Gasteiger partial charge in [0.2, 0.25) is 0 Å². The maximum Gasteiger partial charge on any atom is 0.319 e. The minimum atomic E-state index is -2.63. The fraction of sp³-hybridized carbons (Fsp3) is 0.333. The summed E-state index contributed by atoms with van der Waals surface area (Å²) in [6.45, 7) is 2.45. The van der Waals surface area contributed by atoms with Crippen molar-refractivity contribution in [3.05, 3.63) is 53.8 Å². The van der Waals surface area contributed by atoms with Crippen LogP contribution in [0.15, 0.2) is 46.1 Å². The largest absolute Gasteiger partial charge is 0.459 e. The number of aromatic nitrogens is 2. The van der Waals surface area contributed by atoms with Crippen LogP contribution in [0.1, 0.15) is 30.6 Å². The van der Waals surface area contributed by atoms with Gasteiger partial charge in [-0.2, -0.15) is 8.78 Å². The van der Waals surface area contributed by atoms with Crippen molar-refractivity contribution in [3.63, 3.8) is 0 Å². The summed E-state index contributed by atoms with van der Waals surface area (Å²) in [7, 11) is 0. The Balaban J connectivity index is 1.71. The Bertz CT molecular complexity index is 900. The van der Waals surface area contributed by atoms with E-state index < -0.39 is 6.55 Å². The third-order valence-corrected chi connectivity index (χ3v) is 4.04. The zero-order chi connectivity index (χ0) is 18.5. The number of guanidine groups is 1. The van der Waals surface area contributed by atoms with Crippen LogP contribution in [-0.2, 0) is 13.1 Å². The molecule has 0 saturated carbocycles. The maximum atomic E-state index is 12.9. The Kier molecular flexibility index (Phi) is 5.50. The number of benzene rings is 1. The first kappa shape index (κ1) is 17.9. The van der Waals surface area contributed by atoms with Crippen molar-refractivity contribution in [2.24, 2.45) is 4.99 Å². The third kappa shape index (κ3) is 3.84. The first-order valence-electron chi connectivity index (χ1n) is 8.39. The summed E-state index contributed by atoms with van der Waals surface area (Å²) in [5.41, 5.74) is 1.90. The number of aliphatic imine (C=N–C) groups is 1. The molecule has 0 spiro atoms. The highest BCUT2D eigenvalue weighted by molar-refractivity contribution is 5.82. The highest BCUT2D eigenvalue weighted by Crippen LogP contribution is 2.24. The fourth-order valence-electron chi connectivity index (χ4n) is 2.69. The van der Waals surface area contributed by atoms with E-state index in [-0.39, 0.29) is 12.4 Å². The van der Waals surface area contributed by atoms with Crippen LogP contribution >= 0.6 is 0 Å². The van der Waals surface area contributed by atoms with Gasteiger partial charge in [0, 0.05) is 29.9 Å². The van der Waals surface area contributed by atoms with Gasteiger partial charge in [-0.3, -0.25) is 4.57 Å². The standard InChI is InChI=1S/C18H21F2N5O/c1-3-21-18(24-11-16-22-8-9-25(16)17(19)20)23-10-15-12(2)13-6-4-5-7-14(13)26-15/h4-9,17H,3,10-11H2,1-2H3,(H2,21,23,24). The van der Waals surface area contributed by atoms with E-state index in [1.54, 1.807) is 0 Å². The highest BCUT2D eigenvalue weighted by atomic mass is 19.3. The van der Waals surface area contributed by atoms with E-state index in [0.29, 0.717) is 19.0 Å². The second kappa shape index (κ2) is 7.99. The van der Waals surface area contributed by atoms with Gasteiger partial charge in [-0.15, -0.1) is 0 Å². The van der Waals surface area contributed by atoms with E-state index in [2.05, 4.69) is 20.6 Å². The molecule has 0 saturated heterocycles. The number of nitrogens with zero attached hydrogens (tertiary/aromatic N) is 3. The SMILES string of the molecule is CCNC(=NCc1nccn1C(F)F)NCc1oc2ccccc2c1C. The first-order chi connectivity index (χ1) is 12.6. The molecule has 0 aliphatic rings. The predicted octanol–water partition coefficient (Wildman–Crippen LogP) is 3.59. The summed E-state index contributed by atoms with van der Waals surface area (Å²) in [5, 5.41) is 7.33. The number of imidazole rings is 1. The van der Waals surface area contributed by atoms with Crippen molar-refractivity contribution in [2.45, 2.75) is 33.5 Å². The molecule has 2 aromatic heterocycles. The van der Waals surface area contributed by atoms with E-state index in [0.717, 1.165) is 26.9 Å². The molecule has 26 heavy (non-hydrogen) atoms. The molecular formula is C18H21F2N5O. The lowest BCUT2D eigenvalue weighted by Crippen LogP contribution is -2.36. The highest BCUT2D eigenvalue weighted by Gasteiger charge is 2.12. The minimum Gasteiger partial charge on any atom is -0.459 e. The molecule has 0 radical (unpaired) electrons. The van der Waals surface area contributed by atoms with Crippen LogP contribution in [0.25, 0.3) is 11.0 Å². The van der Waals surface area contributed by atoms with Crippen LogP contribution in [0.2, 0.25) is 0 Å². The number of aryl methyl sites for hydroxylation is 1. The van der Waals surface area contributed by atoms with Gasteiger partial charge >= 0.3 is 6.55 Å². The molecule has 8 heteroatoms. The molecule has 1 aromatic carbocycles. The van der Waals surface area contributed by atoms with Crippen LogP contribution in [0.4, 0.5) is 8.78 Å². The monoisotopic (exact) mass is 361 g/mol. The number of furan rings is 1. The van der Waals surface area contributed by atoms with Crippen molar-refractivity contribution >= 4 is 16.9 Å². The Morgan fingerprint density at radius 2 is 2.12 bits per heavy atom. The number of alkyl halides is 2. The summed E-state index contributed by atoms with van der Waals surface area (Å²) < 4.78 is 32.4. The molecule has 0 unspecified atom stereocenters. The van der Waals surface area contributed by atoms with Gasteiger partial charge in [0.05, 0.1) is 6.54 Å². The molecular weight excluding hydrogens is 340 g/mol. The zero-order valence-corrected chi connectivity index (χ0v) is 14.7. The van der Waals surface area contributed by atoms with Crippen molar-refractivity contribution in [1.82, 2.24) is 20.2 Å². The Morgan fingerprint density at radius 1 is 1.31 bits per heavy atom. The molecule has 138 valence electrons. The molecule has 0 aliphatic carbocycles. The lowest BCUT2D eigenvalue weighted by atomic mass is 10.1. The van der Waals surface area contributed by atoms with Gasteiger partial charge < -0.3 is 15.1 Å². The number of para-hydroxylation sites is 1. The Labute approximate surface area is 149 Å². The van der Waals surface area contributed by atoms with Gasteiger partial charge in [0.25, 0.3) is 0 Å². The number of rotatable bonds is 6. The molecule has 6 nitrogen and oxygen atoms in total. The van der Waals surface area contributed by atoms with Crippen LogP contribution in [0.3, 0.4) is 0 Å². The van der Waals surface area contributed by atoms with Crippen LogP contribution < -0.4 is 10.6 Å². The van der Waals surface area contributed by atoms with E-state index in [1.165, 1.54) is 12.4 Å². The second-order valence-electron chi connectivity index (χ2n) is 5.72. The molecule has 0 bridgehead atoms. The van der Waals surface area contributed by atoms with Gasteiger partial charge in [-0.1, -0.05) is 18.2 Å². The molecule has 3 aromatic rings. The summed E-state index contributed by atoms with van der Waals surface area (Å²) in [6, 6.07) is 7.84. The van der Waals surface area contributed by atoms with E-state index >= 15 is 0 Å². The van der Waals surface area contributed by atoms with Crippen molar-refractivity contribution in [3.8, 4) is 0 Å². The number of fused-ring (bicyclic) bond motifs is 1. The predicted molar refractivity (Wildman–Crippen MR) is 96.1 cm³/mol. The molecule has 0 aliphatic heterocycles. The molecule has 3 rings (SSSR count). The topological polar surface area (TPSA) is 67.4 Å². The summed E-state index contributed by atoms with van der Waals surface area (Å²) in [6.07, 6.45) is 2.59. The van der Waals surface area contributed by atoms with Gasteiger partial charge in [-0.05, 0) is 19.9 Å². The lowest BCUT2D eigenvalue weighted by Gasteiger charge is -2.11. The normalized spacial score (nSPS) is 12.1. The van der Waals surface area contributed by atoms with Crippen LogP contribution in [0.5, 0.6) is 0 Å². The van der Waals surface area contributed by atoms with Crippen molar-refractivity contribution in [2.75, 3.05) is 6.54 Å². The summed E-state index contributed by atoms with van der Waals surface area (Å²) >= 11 is 0. The van der Waals surface area contributed by atoms with Crippen LogP contribution in [0, 0.1) is 6.92 Å². The average molecular weight is 361 g/mol. The maximum absolute atomic E-state index is 12.9. The molecule has 2 N–H and O–H groups in total. The quantitative estimate of drug-likeness (QED) is 0.520. The van der Waals surface area contributed by atoms with Gasteiger partial charge in [0.15, 0.2) is 5.96 Å². The third-order valence-electron chi connectivity index (χ3n) is 4.04. The van der Waals surface area contributed by atoms with Crippen molar-refractivity contribution < 1.29 is 13.2 Å². The smallest absolute Gasteiger partial charge is 0.319 e. The second-order valence-corrected chi connectivity index (χ2v) is 5.72. The fourth-order valence-corrected chi connectivity index (χ4v) is 2.69. The minimum absolute atomic E-state index is 0.0474. The first-order valence-corrected chi connectivity index (χ1v) is 8.39. The number of halogens is 2. The molecule has 0 amide bonds. The van der Waals surface area contributed by atoms with Gasteiger partial charge in [-0.25, -0.2) is 9.98 Å². The van der Waals surface area contributed by atoms with E-state index in [1.807, 2.05) is 38.1 Å². The summed E-state index contributed by atoms with van der Waals surface area (Å²) in [4.78, 5) is 8.27. The molecule has 2 heterocycles. The Hall–Kier alpha value is -2.90. The summed E-state index contributed by atoms with van der Waals surface area (Å²) in [5.74, 6) is 1.53. The zero-order valence-electron chi connectivity index (χ0n) is 14.7. The number of hydrogen-bond donors (Lipinski definition) is 2. The molecule has 0 fully saturated rings.